The van der Waals surface area contributed by atoms with E-state index in [9.17, 15) is 22.8 Å². The maximum atomic E-state index is 14.7. The van der Waals surface area contributed by atoms with Gasteiger partial charge in [0.1, 0.15) is 11.6 Å². The van der Waals surface area contributed by atoms with Gasteiger partial charge < -0.3 is 20.3 Å². The van der Waals surface area contributed by atoms with Gasteiger partial charge in [-0.1, -0.05) is 41.9 Å². The predicted molar refractivity (Wildman–Crippen MR) is 126 cm³/mol. The van der Waals surface area contributed by atoms with Gasteiger partial charge in [0, 0.05) is 23.9 Å². The minimum Gasteiger partial charge on any atom is -0.433 e. The fourth-order valence-corrected chi connectivity index (χ4v) is 3.77. The Bertz CT molecular complexity index is 1320. The normalized spacial score (nSPS) is 15.3. The number of benzodiazepines with no additional fused rings is 1. The van der Waals surface area contributed by atoms with Gasteiger partial charge >= 0.3 is 12.6 Å². The number of nitrogens with one attached hydrogen (secondary N) is 2. The van der Waals surface area contributed by atoms with Crippen molar-refractivity contribution in [2.45, 2.75) is 12.8 Å². The van der Waals surface area contributed by atoms with Crippen molar-refractivity contribution in [3.8, 4) is 5.75 Å². The van der Waals surface area contributed by atoms with Crippen molar-refractivity contribution in [2.24, 2.45) is 4.99 Å². The summed E-state index contributed by atoms with van der Waals surface area (Å²) >= 11 is 5.92. The molecule has 0 radical (unpaired) electrons. The van der Waals surface area contributed by atoms with Crippen molar-refractivity contribution in [1.82, 2.24) is 5.32 Å². The molecule has 3 amide bonds. The van der Waals surface area contributed by atoms with Gasteiger partial charge in [-0.25, -0.2) is 14.2 Å². The van der Waals surface area contributed by atoms with Crippen molar-refractivity contribution >= 4 is 40.6 Å². The molecule has 0 aromatic heterocycles. The van der Waals surface area contributed by atoms with Crippen molar-refractivity contribution in [3.63, 3.8) is 0 Å². The number of ether oxygens (including phenoxy) is 1. The summed E-state index contributed by atoms with van der Waals surface area (Å²) in [7, 11) is 1.52. The second-order valence-corrected chi connectivity index (χ2v) is 7.80. The quantitative estimate of drug-likeness (QED) is 0.512. The number of alkyl halides is 2. The molecule has 7 nitrogen and oxygen atoms in total. The zero-order valence-electron chi connectivity index (χ0n) is 18.1. The molecule has 1 aliphatic heterocycles. The average molecular weight is 503 g/mol. The van der Waals surface area contributed by atoms with E-state index in [-0.39, 0.29) is 27.7 Å². The number of anilines is 2. The van der Waals surface area contributed by atoms with Gasteiger partial charge in [0.25, 0.3) is 5.91 Å². The highest BCUT2D eigenvalue weighted by atomic mass is 35.5. The molecule has 0 aliphatic carbocycles. The van der Waals surface area contributed by atoms with Crippen LogP contribution in [0.1, 0.15) is 11.1 Å². The number of hydrogen-bond donors (Lipinski definition) is 2. The smallest absolute Gasteiger partial charge is 0.387 e. The summed E-state index contributed by atoms with van der Waals surface area (Å²) in [5.41, 5.74) is 1.52. The maximum absolute atomic E-state index is 14.7. The molecule has 1 aliphatic rings. The molecule has 1 heterocycles. The van der Waals surface area contributed by atoms with Gasteiger partial charge in [0.15, 0.2) is 0 Å². The van der Waals surface area contributed by atoms with Gasteiger partial charge in [0.05, 0.1) is 16.4 Å². The molecule has 4 rings (SSSR count). The lowest BCUT2D eigenvalue weighted by molar-refractivity contribution is -0.119. The van der Waals surface area contributed by atoms with Crippen molar-refractivity contribution in [1.29, 1.82) is 0 Å². The van der Waals surface area contributed by atoms with E-state index in [1.807, 2.05) is 0 Å². The van der Waals surface area contributed by atoms with Gasteiger partial charge in [-0.2, -0.15) is 8.78 Å². The second kappa shape index (κ2) is 10.1. The number of para-hydroxylation sites is 1. The van der Waals surface area contributed by atoms with Crippen LogP contribution < -0.4 is 20.3 Å². The molecule has 2 N–H and O–H groups in total. The van der Waals surface area contributed by atoms with Gasteiger partial charge in [-0.15, -0.1) is 0 Å². The van der Waals surface area contributed by atoms with Gasteiger partial charge in [0.2, 0.25) is 6.17 Å². The first-order chi connectivity index (χ1) is 16.7. The monoisotopic (exact) mass is 502 g/mol. The van der Waals surface area contributed by atoms with Crippen LogP contribution in [0.4, 0.5) is 29.3 Å². The fourth-order valence-electron chi connectivity index (χ4n) is 3.55. The van der Waals surface area contributed by atoms with Crippen LogP contribution in [-0.2, 0) is 4.79 Å². The lowest BCUT2D eigenvalue weighted by Crippen LogP contribution is -2.47. The Morgan fingerprint density at radius 3 is 2.46 bits per heavy atom. The molecule has 3 aromatic carbocycles. The molecule has 1 atom stereocenters. The van der Waals surface area contributed by atoms with Crippen LogP contribution in [0.15, 0.2) is 71.7 Å². The zero-order chi connectivity index (χ0) is 25.1. The number of fused-ring (bicyclic) bond motifs is 1. The molecule has 0 bridgehead atoms. The summed E-state index contributed by atoms with van der Waals surface area (Å²) in [4.78, 5) is 31.5. The van der Waals surface area contributed by atoms with E-state index in [4.69, 9.17) is 11.6 Å². The van der Waals surface area contributed by atoms with Crippen LogP contribution >= 0.6 is 11.6 Å². The van der Waals surface area contributed by atoms with Crippen molar-refractivity contribution in [2.75, 3.05) is 17.3 Å². The molecule has 35 heavy (non-hydrogen) atoms. The molecule has 0 fully saturated rings. The number of hydrogen-bond acceptors (Lipinski definition) is 4. The number of halogens is 4. The largest absolute Gasteiger partial charge is 0.433 e. The summed E-state index contributed by atoms with van der Waals surface area (Å²) < 4.78 is 43.8. The summed E-state index contributed by atoms with van der Waals surface area (Å²) in [6.45, 7) is -3.06. The molecular formula is C24H18ClF3N4O3. The average Bonchev–Trinajstić information content (AvgIpc) is 2.92. The van der Waals surface area contributed by atoms with Crippen LogP contribution in [0.2, 0.25) is 5.02 Å². The number of carbonyl (C=O) groups excluding carboxylic acids is 2. The number of rotatable bonds is 5. The summed E-state index contributed by atoms with van der Waals surface area (Å²) in [5, 5.41) is 4.77. The number of urea groups is 1. The Kier molecular flexibility index (Phi) is 6.92. The van der Waals surface area contributed by atoms with E-state index in [0.29, 0.717) is 11.3 Å². The van der Waals surface area contributed by atoms with Crippen LogP contribution in [0, 0.1) is 5.82 Å². The number of carbonyl (C=O) groups is 2. The van der Waals surface area contributed by atoms with E-state index in [1.54, 1.807) is 30.3 Å². The highest BCUT2D eigenvalue weighted by molar-refractivity contribution is 6.32. The Morgan fingerprint density at radius 2 is 1.77 bits per heavy atom. The lowest BCUT2D eigenvalue weighted by atomic mass is 10.00. The fraction of sp³-hybridized carbons (Fsp3) is 0.125. The standard InChI is InChI=1S/C24H18ClF3N4O3/c1-32-18-9-5-3-7-15(18)20(14-6-2-4-8-17(14)26)30-21(22(32)33)31-24(34)29-13-10-11-19(16(25)12-13)35-23(27)28/h2-12,21,23H,1H3,(H2,29,31,34). The Labute approximate surface area is 203 Å². The lowest BCUT2D eigenvalue weighted by Gasteiger charge is -2.21. The van der Waals surface area contributed by atoms with Crippen LogP contribution in [0.3, 0.4) is 0 Å². The molecule has 0 spiro atoms. The van der Waals surface area contributed by atoms with E-state index < -0.39 is 30.5 Å². The Morgan fingerprint density at radius 1 is 1.09 bits per heavy atom. The molecular weight excluding hydrogens is 485 g/mol. The maximum Gasteiger partial charge on any atom is 0.387 e. The highest BCUT2D eigenvalue weighted by Crippen LogP contribution is 2.30. The third-order valence-electron chi connectivity index (χ3n) is 5.15. The first kappa shape index (κ1) is 24.1. The molecule has 1 unspecified atom stereocenters. The summed E-state index contributed by atoms with van der Waals surface area (Å²) in [6, 6.07) is 15.7. The third kappa shape index (κ3) is 5.22. The van der Waals surface area contributed by atoms with Crippen molar-refractivity contribution < 1.29 is 27.5 Å². The van der Waals surface area contributed by atoms with Gasteiger partial charge in [-0.05, 0) is 36.4 Å². The molecule has 11 heteroatoms. The summed E-state index contributed by atoms with van der Waals surface area (Å²) in [5.74, 6) is -1.36. The van der Waals surface area contributed by atoms with Crippen molar-refractivity contribution in [3.05, 3.63) is 88.7 Å². The first-order valence-corrected chi connectivity index (χ1v) is 10.6. The Balaban J connectivity index is 1.63. The predicted octanol–water partition coefficient (Wildman–Crippen LogP) is 5.04. The topological polar surface area (TPSA) is 83.0 Å². The first-order valence-electron chi connectivity index (χ1n) is 10.3. The third-order valence-corrected chi connectivity index (χ3v) is 5.44. The van der Waals surface area contributed by atoms with E-state index in [0.717, 1.165) is 0 Å². The number of benzene rings is 3. The van der Waals surface area contributed by atoms with Crippen LogP contribution in [-0.4, -0.2) is 37.5 Å². The van der Waals surface area contributed by atoms with E-state index >= 15 is 0 Å². The number of nitrogens with zero attached hydrogens (tertiary/aromatic N) is 2. The van der Waals surface area contributed by atoms with Gasteiger partial charge in [-0.3, -0.25) is 4.79 Å². The molecule has 180 valence electrons. The number of aliphatic imine (C=N–C) groups is 1. The SMILES string of the molecule is CN1C(=O)C(NC(=O)Nc2ccc(OC(F)F)c(Cl)c2)N=C(c2ccccc2F)c2ccccc21. The zero-order valence-corrected chi connectivity index (χ0v) is 18.9. The van der Waals surface area contributed by atoms with E-state index in [1.165, 1.54) is 48.3 Å². The highest BCUT2D eigenvalue weighted by Gasteiger charge is 2.31. The van der Waals surface area contributed by atoms with Crippen LogP contribution in [0.25, 0.3) is 0 Å². The number of amides is 3. The minimum absolute atomic E-state index is 0.149. The number of likely N-dealkylation sites (N-methyl/N-ethyl adjacent to an activating group) is 1. The van der Waals surface area contributed by atoms with Crippen LogP contribution in [0.5, 0.6) is 5.75 Å². The summed E-state index contributed by atoms with van der Waals surface area (Å²) in [6.07, 6.45) is -1.39. The second-order valence-electron chi connectivity index (χ2n) is 7.40. The van der Waals surface area contributed by atoms with E-state index in [2.05, 4.69) is 20.4 Å². The molecule has 0 saturated carbocycles. The minimum atomic E-state index is -3.06. The molecule has 3 aromatic rings. The molecule has 0 saturated heterocycles. The Hall–Kier alpha value is -4.05.